The summed E-state index contributed by atoms with van der Waals surface area (Å²) in [6.45, 7) is 9.68. The van der Waals surface area contributed by atoms with Crippen molar-refractivity contribution in [2.45, 2.75) is 26.7 Å². The molecule has 1 aromatic heterocycles. The summed E-state index contributed by atoms with van der Waals surface area (Å²) in [5.41, 5.74) is 0.688. The lowest BCUT2D eigenvalue weighted by Gasteiger charge is -2.22. The van der Waals surface area contributed by atoms with Gasteiger partial charge in [0.15, 0.2) is 0 Å². The normalized spacial score (nSPS) is 15.6. The van der Waals surface area contributed by atoms with Crippen molar-refractivity contribution in [1.29, 1.82) is 0 Å². The van der Waals surface area contributed by atoms with Crippen molar-refractivity contribution in [3.05, 3.63) is 23.9 Å². The maximum atomic E-state index is 12.5. The molecule has 1 aromatic rings. The molecule has 2 heterocycles. The summed E-state index contributed by atoms with van der Waals surface area (Å²) in [4.78, 5) is 21.1. The fraction of sp³-hybridized carbons (Fsp3) is 0.625. The highest BCUT2D eigenvalue weighted by Crippen LogP contribution is 2.13. The number of nitrogens with one attached hydrogen (secondary N) is 1. The van der Waals surface area contributed by atoms with E-state index in [4.69, 9.17) is 0 Å². The van der Waals surface area contributed by atoms with Crippen LogP contribution < -0.4 is 10.2 Å². The third-order valence-electron chi connectivity index (χ3n) is 3.82. The minimum Gasteiger partial charge on any atom is -0.357 e. The molecule has 1 saturated heterocycles. The zero-order valence-electron chi connectivity index (χ0n) is 13.1. The zero-order chi connectivity index (χ0) is 15.1. The van der Waals surface area contributed by atoms with E-state index in [0.717, 1.165) is 57.9 Å². The first-order chi connectivity index (χ1) is 10.3. The Balaban J connectivity index is 2.05. The number of carbonyl (C=O) groups is 1. The number of nitrogens with zero attached hydrogens (tertiary/aromatic N) is 3. The van der Waals surface area contributed by atoms with Crippen LogP contribution in [0.2, 0.25) is 0 Å². The lowest BCUT2D eigenvalue weighted by Crippen LogP contribution is -2.34. The maximum absolute atomic E-state index is 12.5. The Hall–Kier alpha value is -1.62. The average Bonchev–Trinajstić information content (AvgIpc) is 2.81. The SMILES string of the molecule is CCCN(CC)c1ccc(C(=O)N2CCCNCC2)cn1. The van der Waals surface area contributed by atoms with Crippen LogP contribution in [0.4, 0.5) is 5.82 Å². The molecule has 0 unspecified atom stereocenters. The van der Waals surface area contributed by atoms with Crippen LogP contribution in [0.3, 0.4) is 0 Å². The third kappa shape index (κ3) is 4.17. The van der Waals surface area contributed by atoms with Crippen LogP contribution in [-0.4, -0.2) is 55.1 Å². The van der Waals surface area contributed by atoms with Gasteiger partial charge >= 0.3 is 0 Å². The Morgan fingerprint density at radius 1 is 1.33 bits per heavy atom. The predicted molar refractivity (Wildman–Crippen MR) is 85.8 cm³/mol. The van der Waals surface area contributed by atoms with Gasteiger partial charge in [-0.25, -0.2) is 4.98 Å². The van der Waals surface area contributed by atoms with Gasteiger partial charge in [0, 0.05) is 38.9 Å². The summed E-state index contributed by atoms with van der Waals surface area (Å²) in [5.74, 6) is 1.05. The van der Waals surface area contributed by atoms with Crippen LogP contribution >= 0.6 is 0 Å². The summed E-state index contributed by atoms with van der Waals surface area (Å²) in [6.07, 6.45) is 3.82. The van der Waals surface area contributed by atoms with E-state index in [2.05, 4.69) is 29.0 Å². The largest absolute Gasteiger partial charge is 0.357 e. The van der Waals surface area contributed by atoms with Crippen LogP contribution in [0.25, 0.3) is 0 Å². The quantitative estimate of drug-likeness (QED) is 0.897. The highest BCUT2D eigenvalue weighted by molar-refractivity contribution is 5.94. The topological polar surface area (TPSA) is 48.5 Å². The molecule has 1 amide bonds. The van der Waals surface area contributed by atoms with Gasteiger partial charge in [0.25, 0.3) is 5.91 Å². The smallest absolute Gasteiger partial charge is 0.255 e. The van der Waals surface area contributed by atoms with Gasteiger partial charge in [-0.3, -0.25) is 4.79 Å². The van der Waals surface area contributed by atoms with E-state index in [1.807, 2.05) is 17.0 Å². The molecule has 0 atom stereocenters. The predicted octanol–water partition coefficient (Wildman–Crippen LogP) is 1.75. The summed E-state index contributed by atoms with van der Waals surface area (Å²) < 4.78 is 0. The first-order valence-electron chi connectivity index (χ1n) is 7.97. The van der Waals surface area contributed by atoms with E-state index in [1.54, 1.807) is 6.20 Å². The molecule has 5 nitrogen and oxygen atoms in total. The molecule has 116 valence electrons. The highest BCUT2D eigenvalue weighted by atomic mass is 16.2. The number of pyridine rings is 1. The molecule has 0 radical (unpaired) electrons. The van der Waals surface area contributed by atoms with Gasteiger partial charge in [-0.15, -0.1) is 0 Å². The Morgan fingerprint density at radius 2 is 2.19 bits per heavy atom. The Labute approximate surface area is 127 Å². The van der Waals surface area contributed by atoms with Crippen LogP contribution in [0.1, 0.15) is 37.0 Å². The molecule has 0 aromatic carbocycles. The van der Waals surface area contributed by atoms with Crippen molar-refractivity contribution < 1.29 is 4.79 Å². The lowest BCUT2D eigenvalue weighted by molar-refractivity contribution is 0.0766. The van der Waals surface area contributed by atoms with E-state index < -0.39 is 0 Å². The van der Waals surface area contributed by atoms with Gasteiger partial charge < -0.3 is 15.1 Å². The average molecular weight is 290 g/mol. The molecule has 1 fully saturated rings. The van der Waals surface area contributed by atoms with Gasteiger partial charge in [0.05, 0.1) is 5.56 Å². The second-order valence-corrected chi connectivity index (χ2v) is 5.38. The Bertz CT molecular complexity index is 438. The minimum absolute atomic E-state index is 0.0938. The molecule has 0 saturated carbocycles. The van der Waals surface area contributed by atoms with E-state index in [0.29, 0.717) is 5.56 Å². The van der Waals surface area contributed by atoms with Crippen molar-refractivity contribution in [2.75, 3.05) is 44.2 Å². The molecular formula is C16H26N4O. The second kappa shape index (κ2) is 7.98. The van der Waals surface area contributed by atoms with Crippen LogP contribution in [0.15, 0.2) is 18.3 Å². The fourth-order valence-electron chi connectivity index (χ4n) is 2.64. The number of anilines is 1. The Kier molecular flexibility index (Phi) is 5.99. The highest BCUT2D eigenvalue weighted by Gasteiger charge is 2.17. The molecule has 0 bridgehead atoms. The number of hydrogen-bond acceptors (Lipinski definition) is 4. The fourth-order valence-corrected chi connectivity index (χ4v) is 2.64. The minimum atomic E-state index is 0.0938. The van der Waals surface area contributed by atoms with Gasteiger partial charge in [0.1, 0.15) is 5.82 Å². The molecule has 1 aliphatic rings. The lowest BCUT2D eigenvalue weighted by atomic mass is 10.2. The van der Waals surface area contributed by atoms with E-state index in [9.17, 15) is 4.79 Å². The summed E-state index contributed by atoms with van der Waals surface area (Å²) in [7, 11) is 0. The number of rotatable bonds is 5. The van der Waals surface area contributed by atoms with E-state index >= 15 is 0 Å². The number of carbonyl (C=O) groups excluding carboxylic acids is 1. The Morgan fingerprint density at radius 3 is 2.86 bits per heavy atom. The monoisotopic (exact) mass is 290 g/mol. The third-order valence-corrected chi connectivity index (χ3v) is 3.82. The number of aromatic nitrogens is 1. The van der Waals surface area contributed by atoms with Crippen molar-refractivity contribution in [3.8, 4) is 0 Å². The van der Waals surface area contributed by atoms with Gasteiger partial charge in [-0.2, -0.15) is 0 Å². The molecule has 5 heteroatoms. The summed E-state index contributed by atoms with van der Waals surface area (Å²) >= 11 is 0. The van der Waals surface area contributed by atoms with Crippen LogP contribution in [0.5, 0.6) is 0 Å². The van der Waals surface area contributed by atoms with Crippen LogP contribution in [0, 0.1) is 0 Å². The molecule has 1 N–H and O–H groups in total. The van der Waals surface area contributed by atoms with Crippen LogP contribution in [-0.2, 0) is 0 Å². The number of amides is 1. The summed E-state index contributed by atoms with van der Waals surface area (Å²) in [5, 5.41) is 3.31. The van der Waals surface area contributed by atoms with Crippen molar-refractivity contribution in [1.82, 2.24) is 15.2 Å². The van der Waals surface area contributed by atoms with E-state index in [-0.39, 0.29) is 5.91 Å². The summed E-state index contributed by atoms with van der Waals surface area (Å²) in [6, 6.07) is 3.86. The van der Waals surface area contributed by atoms with Gasteiger partial charge in [0.2, 0.25) is 0 Å². The number of hydrogen-bond donors (Lipinski definition) is 1. The maximum Gasteiger partial charge on any atom is 0.255 e. The van der Waals surface area contributed by atoms with Crippen molar-refractivity contribution in [3.63, 3.8) is 0 Å². The molecule has 0 aliphatic carbocycles. The van der Waals surface area contributed by atoms with Gasteiger partial charge in [-0.1, -0.05) is 6.92 Å². The van der Waals surface area contributed by atoms with Crippen molar-refractivity contribution in [2.24, 2.45) is 0 Å². The van der Waals surface area contributed by atoms with Crippen molar-refractivity contribution >= 4 is 11.7 Å². The molecule has 21 heavy (non-hydrogen) atoms. The molecule has 1 aliphatic heterocycles. The first kappa shape index (κ1) is 15.8. The molecular weight excluding hydrogens is 264 g/mol. The second-order valence-electron chi connectivity index (χ2n) is 5.38. The van der Waals surface area contributed by atoms with E-state index in [1.165, 1.54) is 0 Å². The van der Waals surface area contributed by atoms with Gasteiger partial charge in [-0.05, 0) is 38.4 Å². The molecule has 2 rings (SSSR count). The molecule has 0 spiro atoms. The standard InChI is InChI=1S/C16H26N4O/c1-3-10-19(4-2)15-7-6-14(13-18-15)16(21)20-11-5-8-17-9-12-20/h6-7,13,17H,3-5,8-12H2,1-2H3. The zero-order valence-corrected chi connectivity index (χ0v) is 13.1. The first-order valence-corrected chi connectivity index (χ1v) is 7.97.